The van der Waals surface area contributed by atoms with Gasteiger partial charge in [0.05, 0.1) is 13.2 Å². The SMILES string of the molecule is CC(CO)c1cc2c(cc1C(F)F)OCCCO2. The minimum Gasteiger partial charge on any atom is -0.490 e. The number of alkyl halides is 2. The van der Waals surface area contributed by atoms with Gasteiger partial charge in [-0.25, -0.2) is 8.78 Å². The molecule has 1 aliphatic heterocycles. The molecule has 0 fully saturated rings. The van der Waals surface area contributed by atoms with E-state index in [2.05, 4.69) is 0 Å². The minimum atomic E-state index is -2.59. The van der Waals surface area contributed by atoms with Gasteiger partial charge in [0.2, 0.25) is 0 Å². The Balaban J connectivity index is 2.47. The summed E-state index contributed by atoms with van der Waals surface area (Å²) in [4.78, 5) is 0. The summed E-state index contributed by atoms with van der Waals surface area (Å²) in [6, 6.07) is 2.88. The third kappa shape index (κ3) is 2.56. The van der Waals surface area contributed by atoms with Gasteiger partial charge in [0.15, 0.2) is 11.5 Å². The van der Waals surface area contributed by atoms with Gasteiger partial charge in [0.1, 0.15) is 0 Å². The van der Waals surface area contributed by atoms with E-state index in [4.69, 9.17) is 14.6 Å². The van der Waals surface area contributed by atoms with Gasteiger partial charge in [-0.2, -0.15) is 0 Å². The molecule has 0 bridgehead atoms. The lowest BCUT2D eigenvalue weighted by atomic mass is 9.95. The number of hydrogen-bond acceptors (Lipinski definition) is 3. The van der Waals surface area contributed by atoms with Crippen LogP contribution in [-0.2, 0) is 0 Å². The summed E-state index contributed by atoms with van der Waals surface area (Å²) in [5.74, 6) is 0.482. The van der Waals surface area contributed by atoms with Crippen LogP contribution in [0.3, 0.4) is 0 Å². The number of ether oxygens (including phenoxy) is 2. The molecule has 0 radical (unpaired) electrons. The Morgan fingerprint density at radius 2 is 1.72 bits per heavy atom. The van der Waals surface area contributed by atoms with Crippen molar-refractivity contribution in [2.45, 2.75) is 25.7 Å². The molecule has 1 aliphatic rings. The molecule has 3 nitrogen and oxygen atoms in total. The maximum atomic E-state index is 13.0. The molecule has 0 saturated heterocycles. The predicted octanol–water partition coefficient (Wildman–Crippen LogP) is 2.88. The van der Waals surface area contributed by atoms with Crippen LogP contribution in [0.1, 0.15) is 36.8 Å². The summed E-state index contributed by atoms with van der Waals surface area (Å²) in [6.45, 7) is 2.49. The molecule has 100 valence electrons. The molecule has 1 unspecified atom stereocenters. The van der Waals surface area contributed by atoms with E-state index in [1.165, 1.54) is 6.07 Å². The van der Waals surface area contributed by atoms with Crippen molar-refractivity contribution in [3.05, 3.63) is 23.3 Å². The number of rotatable bonds is 3. The van der Waals surface area contributed by atoms with Crippen LogP contribution in [0.4, 0.5) is 8.78 Å². The first kappa shape index (κ1) is 13.1. The molecule has 1 N–H and O–H groups in total. The summed E-state index contributed by atoms with van der Waals surface area (Å²) in [5, 5.41) is 9.14. The van der Waals surface area contributed by atoms with Crippen molar-refractivity contribution < 1.29 is 23.4 Å². The first-order valence-corrected chi connectivity index (χ1v) is 5.96. The van der Waals surface area contributed by atoms with Gasteiger partial charge in [-0.3, -0.25) is 0 Å². The zero-order chi connectivity index (χ0) is 13.1. The molecule has 0 aliphatic carbocycles. The molecule has 1 aromatic carbocycles. The highest BCUT2D eigenvalue weighted by molar-refractivity contribution is 5.49. The average Bonchev–Trinajstić information content (AvgIpc) is 2.60. The third-order valence-corrected chi connectivity index (χ3v) is 2.99. The van der Waals surface area contributed by atoms with Crippen LogP contribution in [-0.4, -0.2) is 24.9 Å². The van der Waals surface area contributed by atoms with Crippen LogP contribution < -0.4 is 9.47 Å². The van der Waals surface area contributed by atoms with Crippen LogP contribution in [0, 0.1) is 0 Å². The van der Waals surface area contributed by atoms with Gasteiger partial charge in [-0.05, 0) is 17.7 Å². The van der Waals surface area contributed by atoms with Crippen molar-refractivity contribution in [2.75, 3.05) is 19.8 Å². The van der Waals surface area contributed by atoms with Crippen LogP contribution in [0.2, 0.25) is 0 Å². The van der Waals surface area contributed by atoms with Gasteiger partial charge in [0, 0.05) is 24.5 Å². The second-order valence-corrected chi connectivity index (χ2v) is 4.36. The monoisotopic (exact) mass is 258 g/mol. The van der Waals surface area contributed by atoms with Crippen molar-refractivity contribution in [3.8, 4) is 11.5 Å². The van der Waals surface area contributed by atoms with E-state index in [-0.39, 0.29) is 18.1 Å². The van der Waals surface area contributed by atoms with E-state index >= 15 is 0 Å². The van der Waals surface area contributed by atoms with Crippen molar-refractivity contribution >= 4 is 0 Å². The zero-order valence-electron chi connectivity index (χ0n) is 10.2. The summed E-state index contributed by atoms with van der Waals surface area (Å²) >= 11 is 0. The quantitative estimate of drug-likeness (QED) is 0.906. The molecule has 1 heterocycles. The van der Waals surface area contributed by atoms with E-state index in [0.29, 0.717) is 30.3 Å². The molecular formula is C13H16F2O3. The van der Waals surface area contributed by atoms with E-state index in [1.54, 1.807) is 13.0 Å². The van der Waals surface area contributed by atoms with Crippen molar-refractivity contribution in [1.29, 1.82) is 0 Å². The molecule has 0 spiro atoms. The van der Waals surface area contributed by atoms with Gasteiger partial charge in [-0.1, -0.05) is 6.92 Å². The first-order chi connectivity index (χ1) is 8.63. The summed E-state index contributed by atoms with van der Waals surface area (Å²) in [7, 11) is 0. The Bertz CT molecular complexity index is 421. The molecule has 0 amide bonds. The Hall–Kier alpha value is -1.36. The summed E-state index contributed by atoms with van der Waals surface area (Å²) in [5.41, 5.74) is 0.317. The predicted molar refractivity (Wildman–Crippen MR) is 62.5 cm³/mol. The lowest BCUT2D eigenvalue weighted by molar-refractivity contribution is 0.148. The molecular weight excluding hydrogens is 242 g/mol. The molecule has 0 aromatic heterocycles. The Kier molecular flexibility index (Phi) is 4.01. The van der Waals surface area contributed by atoms with Crippen LogP contribution in [0.25, 0.3) is 0 Å². The largest absolute Gasteiger partial charge is 0.490 e. The van der Waals surface area contributed by atoms with Gasteiger partial charge >= 0.3 is 0 Å². The van der Waals surface area contributed by atoms with E-state index in [0.717, 1.165) is 6.42 Å². The van der Waals surface area contributed by atoms with Crippen molar-refractivity contribution in [3.63, 3.8) is 0 Å². The van der Waals surface area contributed by atoms with Crippen molar-refractivity contribution in [2.24, 2.45) is 0 Å². The number of aliphatic hydroxyl groups is 1. The highest BCUT2D eigenvalue weighted by Crippen LogP contribution is 2.39. The molecule has 5 heteroatoms. The maximum Gasteiger partial charge on any atom is 0.264 e. The Labute approximate surface area is 104 Å². The van der Waals surface area contributed by atoms with Crippen LogP contribution in [0.5, 0.6) is 11.5 Å². The van der Waals surface area contributed by atoms with Crippen LogP contribution >= 0.6 is 0 Å². The fraction of sp³-hybridized carbons (Fsp3) is 0.538. The van der Waals surface area contributed by atoms with Gasteiger partial charge < -0.3 is 14.6 Å². The molecule has 1 atom stereocenters. The number of benzene rings is 1. The second kappa shape index (κ2) is 5.52. The minimum absolute atomic E-state index is 0.0965. The van der Waals surface area contributed by atoms with E-state index in [1.807, 2.05) is 0 Å². The molecule has 0 saturated carbocycles. The maximum absolute atomic E-state index is 13.0. The van der Waals surface area contributed by atoms with Gasteiger partial charge in [0.25, 0.3) is 6.43 Å². The average molecular weight is 258 g/mol. The summed E-state index contributed by atoms with van der Waals surface area (Å²) < 4.78 is 36.9. The fourth-order valence-corrected chi connectivity index (χ4v) is 1.95. The third-order valence-electron chi connectivity index (χ3n) is 2.99. The smallest absolute Gasteiger partial charge is 0.264 e. The zero-order valence-corrected chi connectivity index (χ0v) is 10.2. The van der Waals surface area contributed by atoms with Gasteiger partial charge in [-0.15, -0.1) is 0 Å². The topological polar surface area (TPSA) is 38.7 Å². The van der Waals surface area contributed by atoms with E-state index in [9.17, 15) is 8.78 Å². The number of halogens is 2. The number of aliphatic hydroxyl groups excluding tert-OH is 1. The molecule has 1 aromatic rings. The van der Waals surface area contributed by atoms with Crippen molar-refractivity contribution in [1.82, 2.24) is 0 Å². The van der Waals surface area contributed by atoms with Crippen LogP contribution in [0.15, 0.2) is 12.1 Å². The fourth-order valence-electron chi connectivity index (χ4n) is 1.95. The molecule has 2 rings (SSSR count). The Morgan fingerprint density at radius 3 is 2.22 bits per heavy atom. The standard InChI is InChI=1S/C13H16F2O3/c1-8(7-16)9-5-11-12(6-10(9)13(14)15)18-4-2-3-17-11/h5-6,8,13,16H,2-4,7H2,1H3. The highest BCUT2D eigenvalue weighted by atomic mass is 19.3. The number of hydrogen-bond donors (Lipinski definition) is 1. The number of fused-ring (bicyclic) bond motifs is 1. The lowest BCUT2D eigenvalue weighted by Gasteiger charge is -2.17. The summed E-state index contributed by atoms with van der Waals surface area (Å²) in [6.07, 6.45) is -1.87. The van der Waals surface area contributed by atoms with E-state index < -0.39 is 6.43 Å². The first-order valence-electron chi connectivity index (χ1n) is 5.96. The molecule has 18 heavy (non-hydrogen) atoms. The second-order valence-electron chi connectivity index (χ2n) is 4.36. The Morgan fingerprint density at radius 1 is 1.17 bits per heavy atom. The normalized spacial score (nSPS) is 16.5. The lowest BCUT2D eigenvalue weighted by Crippen LogP contribution is -2.05. The highest BCUT2D eigenvalue weighted by Gasteiger charge is 2.22.